The summed E-state index contributed by atoms with van der Waals surface area (Å²) in [4.78, 5) is 4.29. The highest BCUT2D eigenvalue weighted by atomic mass is 35.5. The molecule has 15 heavy (non-hydrogen) atoms. The fraction of sp³-hybridized carbons (Fsp3) is 0.333. The first kappa shape index (κ1) is 8.94. The smallest absolute Gasteiger partial charge is 0.0673 e. The molecule has 0 aromatic carbocycles. The third-order valence-electron chi connectivity index (χ3n) is 3.28. The van der Waals surface area contributed by atoms with E-state index in [2.05, 4.69) is 17.1 Å². The minimum absolute atomic E-state index is 0.257. The van der Waals surface area contributed by atoms with Crippen LogP contribution in [0, 0.1) is 29.1 Å². The van der Waals surface area contributed by atoms with E-state index in [0.717, 1.165) is 17.1 Å². The SMILES string of the molecule is N#CC1C2C=C(c3cc(Cl)ccn3)CC12. The Bertz CT molecular complexity index is 487. The Kier molecular flexibility index (Phi) is 1.83. The summed E-state index contributed by atoms with van der Waals surface area (Å²) < 4.78 is 0. The van der Waals surface area contributed by atoms with Crippen LogP contribution < -0.4 is 0 Å². The van der Waals surface area contributed by atoms with Gasteiger partial charge in [-0.2, -0.15) is 5.26 Å². The van der Waals surface area contributed by atoms with Gasteiger partial charge in [-0.1, -0.05) is 17.7 Å². The predicted octanol–water partition coefficient (Wildman–Crippen LogP) is 2.91. The van der Waals surface area contributed by atoms with E-state index in [9.17, 15) is 0 Å². The lowest BCUT2D eigenvalue weighted by Gasteiger charge is -2.03. The first-order valence-corrected chi connectivity index (χ1v) is 5.39. The molecule has 1 fully saturated rings. The number of nitriles is 1. The molecule has 2 aliphatic carbocycles. The highest BCUT2D eigenvalue weighted by Gasteiger charge is 2.52. The van der Waals surface area contributed by atoms with Crippen LogP contribution in [0.5, 0.6) is 0 Å². The number of hydrogen-bond donors (Lipinski definition) is 0. The van der Waals surface area contributed by atoms with Crippen LogP contribution in [0.4, 0.5) is 0 Å². The van der Waals surface area contributed by atoms with Gasteiger partial charge in [0.05, 0.1) is 17.7 Å². The van der Waals surface area contributed by atoms with E-state index in [-0.39, 0.29) is 5.92 Å². The van der Waals surface area contributed by atoms with Gasteiger partial charge in [0, 0.05) is 11.2 Å². The first-order chi connectivity index (χ1) is 7.29. The van der Waals surface area contributed by atoms with Gasteiger partial charge >= 0.3 is 0 Å². The van der Waals surface area contributed by atoms with Crippen molar-refractivity contribution in [3.8, 4) is 6.07 Å². The van der Waals surface area contributed by atoms with Gasteiger partial charge < -0.3 is 0 Å². The third kappa shape index (κ3) is 1.35. The maximum atomic E-state index is 8.80. The number of fused-ring (bicyclic) bond motifs is 1. The normalized spacial score (nSPS) is 31.7. The van der Waals surface area contributed by atoms with Crippen molar-refractivity contribution < 1.29 is 0 Å². The number of allylic oxidation sites excluding steroid dienone is 2. The van der Waals surface area contributed by atoms with Crippen molar-refractivity contribution in [3.63, 3.8) is 0 Å². The zero-order valence-corrected chi connectivity index (χ0v) is 8.78. The Balaban J connectivity index is 1.87. The van der Waals surface area contributed by atoms with E-state index in [1.165, 1.54) is 5.57 Å². The second-order valence-electron chi connectivity index (χ2n) is 4.15. The second-order valence-corrected chi connectivity index (χ2v) is 4.59. The molecular weight excluding hydrogens is 208 g/mol. The monoisotopic (exact) mass is 216 g/mol. The molecule has 0 spiro atoms. The Hall–Kier alpha value is -1.33. The minimum atomic E-state index is 0.257. The van der Waals surface area contributed by atoms with Gasteiger partial charge in [0.25, 0.3) is 0 Å². The summed E-state index contributed by atoms with van der Waals surface area (Å²) >= 11 is 5.91. The average molecular weight is 217 g/mol. The molecule has 0 aliphatic heterocycles. The number of hydrogen-bond acceptors (Lipinski definition) is 2. The molecule has 0 radical (unpaired) electrons. The molecule has 0 amide bonds. The van der Waals surface area contributed by atoms with Gasteiger partial charge in [-0.15, -0.1) is 0 Å². The number of halogens is 1. The average Bonchev–Trinajstić information content (AvgIpc) is 2.70. The third-order valence-corrected chi connectivity index (χ3v) is 3.51. The van der Waals surface area contributed by atoms with Gasteiger partial charge in [0.2, 0.25) is 0 Å². The van der Waals surface area contributed by atoms with Crippen molar-refractivity contribution in [1.82, 2.24) is 4.98 Å². The van der Waals surface area contributed by atoms with Crippen molar-refractivity contribution in [3.05, 3.63) is 35.1 Å². The van der Waals surface area contributed by atoms with Gasteiger partial charge in [-0.3, -0.25) is 4.98 Å². The Morgan fingerprint density at radius 3 is 3.00 bits per heavy atom. The molecule has 0 bridgehead atoms. The number of rotatable bonds is 1. The summed E-state index contributed by atoms with van der Waals surface area (Å²) in [7, 11) is 0. The molecule has 1 heterocycles. The number of aromatic nitrogens is 1. The van der Waals surface area contributed by atoms with Crippen LogP contribution in [0.3, 0.4) is 0 Å². The van der Waals surface area contributed by atoms with E-state index in [4.69, 9.17) is 16.9 Å². The van der Waals surface area contributed by atoms with E-state index >= 15 is 0 Å². The summed E-state index contributed by atoms with van der Waals surface area (Å²) in [5.41, 5.74) is 2.21. The van der Waals surface area contributed by atoms with E-state index < -0.39 is 0 Å². The zero-order valence-electron chi connectivity index (χ0n) is 8.02. The van der Waals surface area contributed by atoms with E-state index in [0.29, 0.717) is 11.8 Å². The summed E-state index contributed by atoms with van der Waals surface area (Å²) in [5.74, 6) is 1.28. The molecule has 0 N–H and O–H groups in total. The Morgan fingerprint density at radius 2 is 2.40 bits per heavy atom. The quantitative estimate of drug-likeness (QED) is 0.724. The molecular formula is C12H9ClN2. The minimum Gasteiger partial charge on any atom is -0.257 e. The van der Waals surface area contributed by atoms with Crippen LogP contribution >= 0.6 is 11.6 Å². The predicted molar refractivity (Wildman–Crippen MR) is 57.9 cm³/mol. The summed E-state index contributed by atoms with van der Waals surface area (Å²) in [6.07, 6.45) is 4.90. The molecule has 1 aromatic heterocycles. The zero-order chi connectivity index (χ0) is 10.4. The summed E-state index contributed by atoms with van der Waals surface area (Å²) in [6, 6.07) is 6.00. The van der Waals surface area contributed by atoms with Crippen molar-refractivity contribution in [2.24, 2.45) is 17.8 Å². The lowest BCUT2D eigenvalue weighted by Crippen LogP contribution is -1.90. The van der Waals surface area contributed by atoms with E-state index in [1.807, 2.05) is 6.07 Å². The molecule has 1 aromatic rings. The van der Waals surface area contributed by atoms with Gasteiger partial charge in [-0.25, -0.2) is 0 Å². The fourth-order valence-corrected chi connectivity index (χ4v) is 2.56. The molecule has 0 saturated heterocycles. The largest absolute Gasteiger partial charge is 0.257 e. The molecule has 3 heteroatoms. The molecule has 3 rings (SSSR count). The van der Waals surface area contributed by atoms with Crippen LogP contribution in [-0.4, -0.2) is 4.98 Å². The van der Waals surface area contributed by atoms with Crippen molar-refractivity contribution in [2.75, 3.05) is 0 Å². The highest BCUT2D eigenvalue weighted by molar-refractivity contribution is 6.30. The molecule has 3 unspecified atom stereocenters. The lowest BCUT2D eigenvalue weighted by atomic mass is 10.1. The molecule has 74 valence electrons. The van der Waals surface area contributed by atoms with Crippen LogP contribution in [0.15, 0.2) is 24.4 Å². The van der Waals surface area contributed by atoms with E-state index in [1.54, 1.807) is 12.3 Å². The van der Waals surface area contributed by atoms with Crippen molar-refractivity contribution >= 4 is 17.2 Å². The van der Waals surface area contributed by atoms with Crippen LogP contribution in [0.1, 0.15) is 12.1 Å². The molecule has 2 aliphatic rings. The number of nitrogens with zero attached hydrogens (tertiary/aromatic N) is 2. The Morgan fingerprint density at radius 1 is 1.53 bits per heavy atom. The van der Waals surface area contributed by atoms with Gasteiger partial charge in [0.1, 0.15) is 0 Å². The molecule has 3 atom stereocenters. The van der Waals surface area contributed by atoms with Gasteiger partial charge in [-0.05, 0) is 36.0 Å². The topological polar surface area (TPSA) is 36.7 Å². The standard InChI is InChI=1S/C12H9ClN2/c13-8-1-2-15-12(5-8)7-3-9-10(4-7)11(9)6-14/h1-3,5,9-11H,4H2. The summed E-state index contributed by atoms with van der Waals surface area (Å²) in [6.45, 7) is 0. The molecule has 1 saturated carbocycles. The number of pyridine rings is 1. The summed E-state index contributed by atoms with van der Waals surface area (Å²) in [5, 5.41) is 9.52. The second kappa shape index (κ2) is 3.08. The van der Waals surface area contributed by atoms with Gasteiger partial charge in [0.15, 0.2) is 0 Å². The highest BCUT2D eigenvalue weighted by Crippen LogP contribution is 2.57. The van der Waals surface area contributed by atoms with Crippen molar-refractivity contribution in [2.45, 2.75) is 6.42 Å². The molecule has 2 nitrogen and oxygen atoms in total. The first-order valence-electron chi connectivity index (χ1n) is 5.02. The maximum absolute atomic E-state index is 8.80. The van der Waals surface area contributed by atoms with Crippen LogP contribution in [0.2, 0.25) is 5.02 Å². The maximum Gasteiger partial charge on any atom is 0.0673 e. The van der Waals surface area contributed by atoms with Crippen molar-refractivity contribution in [1.29, 1.82) is 5.26 Å². The lowest BCUT2D eigenvalue weighted by molar-refractivity contribution is 0.826. The van der Waals surface area contributed by atoms with Crippen LogP contribution in [-0.2, 0) is 0 Å². The Labute approximate surface area is 93.2 Å². The fourth-order valence-electron chi connectivity index (χ4n) is 2.40. The van der Waals surface area contributed by atoms with Crippen LogP contribution in [0.25, 0.3) is 5.57 Å².